The predicted octanol–water partition coefficient (Wildman–Crippen LogP) is 2.81. The first-order chi connectivity index (χ1) is 11.1. The number of nitrogens with one attached hydrogen (secondary N) is 2. The first-order valence-electron chi connectivity index (χ1n) is 8.14. The van der Waals surface area contributed by atoms with Crippen molar-refractivity contribution in [3.05, 3.63) is 30.1 Å². The number of urea groups is 1. The van der Waals surface area contributed by atoms with Crippen molar-refractivity contribution >= 4 is 17.6 Å². The van der Waals surface area contributed by atoms with E-state index in [0.29, 0.717) is 18.8 Å². The zero-order valence-electron chi connectivity index (χ0n) is 13.5. The molecule has 0 heterocycles. The zero-order chi connectivity index (χ0) is 16.7. The van der Waals surface area contributed by atoms with E-state index in [-0.39, 0.29) is 23.8 Å². The van der Waals surface area contributed by atoms with Crippen LogP contribution in [0, 0.1) is 5.82 Å². The number of anilines is 1. The number of hydrogen-bond donors (Lipinski definition) is 2. The molecule has 2 rings (SSSR count). The first-order valence-corrected chi connectivity index (χ1v) is 8.14. The van der Waals surface area contributed by atoms with Crippen LogP contribution in [0.5, 0.6) is 0 Å². The molecule has 0 spiro atoms. The van der Waals surface area contributed by atoms with Gasteiger partial charge >= 0.3 is 6.03 Å². The van der Waals surface area contributed by atoms with Crippen LogP contribution in [0.1, 0.15) is 39.0 Å². The van der Waals surface area contributed by atoms with Gasteiger partial charge in [0.05, 0.1) is 0 Å². The molecule has 1 aliphatic rings. The average molecular weight is 321 g/mol. The van der Waals surface area contributed by atoms with Gasteiger partial charge in [0.15, 0.2) is 0 Å². The van der Waals surface area contributed by atoms with E-state index in [4.69, 9.17) is 0 Å². The van der Waals surface area contributed by atoms with Crippen LogP contribution in [0.25, 0.3) is 0 Å². The smallest absolute Gasteiger partial charge is 0.315 e. The van der Waals surface area contributed by atoms with Crippen molar-refractivity contribution in [3.63, 3.8) is 0 Å². The maximum absolute atomic E-state index is 13.0. The van der Waals surface area contributed by atoms with Gasteiger partial charge in [-0.15, -0.1) is 0 Å². The van der Waals surface area contributed by atoms with Gasteiger partial charge in [0, 0.05) is 31.7 Å². The van der Waals surface area contributed by atoms with Gasteiger partial charge < -0.3 is 15.5 Å². The Morgan fingerprint density at radius 1 is 1.17 bits per heavy atom. The molecule has 5 nitrogen and oxygen atoms in total. The SMILES string of the molecule is CC(=O)N(CCNC(=O)NC1CCCCC1)c1ccc(F)cc1. The Kier molecular flexibility index (Phi) is 6.38. The lowest BCUT2D eigenvalue weighted by atomic mass is 9.96. The third kappa shape index (κ3) is 5.54. The van der Waals surface area contributed by atoms with Gasteiger partial charge in [-0.05, 0) is 37.1 Å². The normalized spacial score (nSPS) is 15.0. The van der Waals surface area contributed by atoms with Crippen LogP contribution < -0.4 is 15.5 Å². The van der Waals surface area contributed by atoms with E-state index in [0.717, 1.165) is 25.7 Å². The Bertz CT molecular complexity index is 527. The van der Waals surface area contributed by atoms with E-state index in [1.165, 1.54) is 30.4 Å². The van der Waals surface area contributed by atoms with E-state index < -0.39 is 0 Å². The summed E-state index contributed by atoms with van der Waals surface area (Å²) in [5, 5.41) is 5.74. The molecule has 3 amide bonds. The zero-order valence-corrected chi connectivity index (χ0v) is 13.5. The van der Waals surface area contributed by atoms with Crippen molar-refractivity contribution in [2.75, 3.05) is 18.0 Å². The molecular weight excluding hydrogens is 297 g/mol. The lowest BCUT2D eigenvalue weighted by Crippen LogP contribution is -2.45. The van der Waals surface area contributed by atoms with Gasteiger partial charge in [0.2, 0.25) is 5.91 Å². The Balaban J connectivity index is 1.78. The molecule has 0 saturated heterocycles. The molecule has 0 aromatic heterocycles. The molecule has 0 atom stereocenters. The molecule has 1 aromatic rings. The molecule has 1 saturated carbocycles. The monoisotopic (exact) mass is 321 g/mol. The molecule has 0 unspecified atom stereocenters. The third-order valence-corrected chi connectivity index (χ3v) is 4.08. The quantitative estimate of drug-likeness (QED) is 0.876. The number of carbonyl (C=O) groups excluding carboxylic acids is 2. The average Bonchev–Trinajstić information content (AvgIpc) is 2.53. The molecule has 6 heteroatoms. The number of nitrogens with zero attached hydrogens (tertiary/aromatic N) is 1. The summed E-state index contributed by atoms with van der Waals surface area (Å²) in [6.07, 6.45) is 5.62. The van der Waals surface area contributed by atoms with Crippen LogP contribution in [0.15, 0.2) is 24.3 Å². The summed E-state index contributed by atoms with van der Waals surface area (Å²) in [7, 11) is 0. The van der Waals surface area contributed by atoms with Gasteiger partial charge in [-0.2, -0.15) is 0 Å². The number of amides is 3. The van der Waals surface area contributed by atoms with E-state index >= 15 is 0 Å². The summed E-state index contributed by atoms with van der Waals surface area (Å²) < 4.78 is 13.0. The van der Waals surface area contributed by atoms with Crippen LogP contribution in [0.3, 0.4) is 0 Å². The molecule has 0 aliphatic heterocycles. The van der Waals surface area contributed by atoms with Crippen molar-refractivity contribution in [2.24, 2.45) is 0 Å². The molecule has 126 valence electrons. The number of rotatable bonds is 5. The second kappa shape index (κ2) is 8.50. The van der Waals surface area contributed by atoms with Crippen LogP contribution in [-0.2, 0) is 4.79 Å². The Labute approximate surface area is 136 Å². The number of halogens is 1. The highest BCUT2D eigenvalue weighted by molar-refractivity contribution is 5.91. The summed E-state index contributed by atoms with van der Waals surface area (Å²) >= 11 is 0. The van der Waals surface area contributed by atoms with Crippen LogP contribution in [0.4, 0.5) is 14.9 Å². The molecule has 0 bridgehead atoms. The predicted molar refractivity (Wildman–Crippen MR) is 87.8 cm³/mol. The molecule has 0 radical (unpaired) electrons. The Morgan fingerprint density at radius 3 is 2.43 bits per heavy atom. The largest absolute Gasteiger partial charge is 0.336 e. The fourth-order valence-electron chi connectivity index (χ4n) is 2.85. The molecular formula is C17H24FN3O2. The van der Waals surface area contributed by atoms with E-state index in [1.807, 2.05) is 0 Å². The number of carbonyl (C=O) groups is 2. The molecule has 23 heavy (non-hydrogen) atoms. The molecule has 1 aromatic carbocycles. The summed E-state index contributed by atoms with van der Waals surface area (Å²) in [4.78, 5) is 25.1. The molecule has 1 aliphatic carbocycles. The number of benzene rings is 1. The van der Waals surface area contributed by atoms with E-state index in [2.05, 4.69) is 10.6 Å². The van der Waals surface area contributed by atoms with Gasteiger partial charge in [-0.1, -0.05) is 19.3 Å². The standard InChI is InChI=1S/C17H24FN3O2/c1-13(22)21(16-9-7-14(18)8-10-16)12-11-19-17(23)20-15-5-3-2-4-6-15/h7-10,15H,2-6,11-12H2,1H3,(H2,19,20,23). The topological polar surface area (TPSA) is 61.4 Å². The van der Waals surface area contributed by atoms with Crippen molar-refractivity contribution in [2.45, 2.75) is 45.1 Å². The second-order valence-corrected chi connectivity index (χ2v) is 5.88. The maximum Gasteiger partial charge on any atom is 0.315 e. The maximum atomic E-state index is 13.0. The molecule has 2 N–H and O–H groups in total. The van der Waals surface area contributed by atoms with Crippen LogP contribution >= 0.6 is 0 Å². The minimum Gasteiger partial charge on any atom is -0.336 e. The van der Waals surface area contributed by atoms with Gasteiger partial charge in [0.25, 0.3) is 0 Å². The van der Waals surface area contributed by atoms with Crippen molar-refractivity contribution in [3.8, 4) is 0 Å². The minimum atomic E-state index is -0.345. The summed E-state index contributed by atoms with van der Waals surface area (Å²) in [6, 6.07) is 5.80. The van der Waals surface area contributed by atoms with Gasteiger partial charge in [-0.25, -0.2) is 9.18 Å². The van der Waals surface area contributed by atoms with Gasteiger partial charge in [-0.3, -0.25) is 4.79 Å². The highest BCUT2D eigenvalue weighted by Gasteiger charge is 2.16. The number of hydrogen-bond acceptors (Lipinski definition) is 2. The van der Waals surface area contributed by atoms with Crippen LogP contribution in [-0.4, -0.2) is 31.1 Å². The Morgan fingerprint density at radius 2 is 1.83 bits per heavy atom. The highest BCUT2D eigenvalue weighted by Crippen LogP contribution is 2.17. The van der Waals surface area contributed by atoms with E-state index in [9.17, 15) is 14.0 Å². The van der Waals surface area contributed by atoms with Crippen LogP contribution in [0.2, 0.25) is 0 Å². The van der Waals surface area contributed by atoms with E-state index in [1.54, 1.807) is 12.1 Å². The highest BCUT2D eigenvalue weighted by atomic mass is 19.1. The van der Waals surface area contributed by atoms with Crippen molar-refractivity contribution in [1.29, 1.82) is 0 Å². The fourth-order valence-corrected chi connectivity index (χ4v) is 2.85. The fraction of sp³-hybridized carbons (Fsp3) is 0.529. The Hall–Kier alpha value is -2.11. The molecule has 1 fully saturated rings. The summed E-state index contributed by atoms with van der Waals surface area (Å²) in [5.41, 5.74) is 0.619. The minimum absolute atomic E-state index is 0.147. The van der Waals surface area contributed by atoms with Crippen molar-refractivity contribution < 1.29 is 14.0 Å². The summed E-state index contributed by atoms with van der Waals surface area (Å²) in [6.45, 7) is 2.14. The van der Waals surface area contributed by atoms with Crippen molar-refractivity contribution in [1.82, 2.24) is 10.6 Å². The second-order valence-electron chi connectivity index (χ2n) is 5.88. The van der Waals surface area contributed by atoms with Gasteiger partial charge in [0.1, 0.15) is 5.82 Å². The first kappa shape index (κ1) is 17.2. The lowest BCUT2D eigenvalue weighted by Gasteiger charge is -2.24. The lowest BCUT2D eigenvalue weighted by molar-refractivity contribution is -0.116. The summed E-state index contributed by atoms with van der Waals surface area (Å²) in [5.74, 6) is -0.492. The third-order valence-electron chi connectivity index (χ3n) is 4.08.